The number of hydrogen-bond acceptors (Lipinski definition) is 1. The van der Waals surface area contributed by atoms with Crippen molar-refractivity contribution in [2.75, 3.05) is 6.54 Å². The molecule has 1 aliphatic carbocycles. The molecule has 1 atom stereocenters. The average molecular weight is 256 g/mol. The van der Waals surface area contributed by atoms with Crippen molar-refractivity contribution >= 4 is 10.9 Å². The van der Waals surface area contributed by atoms with Gasteiger partial charge < -0.3 is 10.3 Å². The Kier molecular flexibility index (Phi) is 3.88. The van der Waals surface area contributed by atoms with Crippen LogP contribution in [0.1, 0.15) is 38.2 Å². The maximum absolute atomic E-state index is 3.71. The van der Waals surface area contributed by atoms with Crippen molar-refractivity contribution < 1.29 is 0 Å². The molecule has 0 bridgehead atoms. The highest BCUT2D eigenvalue weighted by Gasteiger charge is 2.20. The highest BCUT2D eigenvalue weighted by molar-refractivity contribution is 5.83. The van der Waals surface area contributed by atoms with Crippen molar-refractivity contribution in [1.82, 2.24) is 10.3 Å². The molecule has 2 heteroatoms. The SMILES string of the molecule is CC(NCCc1c[nH]c2ccccc12)C1CCCC1. The lowest BCUT2D eigenvalue weighted by atomic mass is 9.99. The summed E-state index contributed by atoms with van der Waals surface area (Å²) in [7, 11) is 0. The summed E-state index contributed by atoms with van der Waals surface area (Å²) in [5.74, 6) is 0.906. The summed E-state index contributed by atoms with van der Waals surface area (Å²) in [4.78, 5) is 3.35. The summed E-state index contributed by atoms with van der Waals surface area (Å²) in [5.41, 5.74) is 2.68. The van der Waals surface area contributed by atoms with Gasteiger partial charge in [0, 0.05) is 23.1 Å². The molecule has 1 fully saturated rings. The number of benzene rings is 1. The molecule has 0 radical (unpaired) electrons. The third kappa shape index (κ3) is 2.84. The van der Waals surface area contributed by atoms with Crippen LogP contribution in [-0.4, -0.2) is 17.6 Å². The Morgan fingerprint density at radius 2 is 2.05 bits per heavy atom. The Balaban J connectivity index is 1.54. The highest BCUT2D eigenvalue weighted by atomic mass is 14.9. The van der Waals surface area contributed by atoms with Crippen molar-refractivity contribution in [2.24, 2.45) is 5.92 Å². The number of nitrogens with one attached hydrogen (secondary N) is 2. The van der Waals surface area contributed by atoms with Crippen LogP contribution in [0.5, 0.6) is 0 Å². The van der Waals surface area contributed by atoms with Gasteiger partial charge in [0.2, 0.25) is 0 Å². The van der Waals surface area contributed by atoms with Gasteiger partial charge in [-0.05, 0) is 50.3 Å². The number of fused-ring (bicyclic) bond motifs is 1. The predicted octanol–water partition coefficient (Wildman–Crippen LogP) is 3.88. The molecule has 19 heavy (non-hydrogen) atoms. The van der Waals surface area contributed by atoms with Crippen LogP contribution in [0.4, 0.5) is 0 Å². The number of hydrogen-bond donors (Lipinski definition) is 2. The van der Waals surface area contributed by atoms with Gasteiger partial charge in [-0.25, -0.2) is 0 Å². The summed E-state index contributed by atoms with van der Waals surface area (Å²) in [6.45, 7) is 3.44. The fraction of sp³-hybridized carbons (Fsp3) is 0.529. The molecule has 2 N–H and O–H groups in total. The molecule has 1 saturated carbocycles. The van der Waals surface area contributed by atoms with E-state index in [2.05, 4.69) is 47.7 Å². The smallest absolute Gasteiger partial charge is 0.0456 e. The molecule has 2 aromatic rings. The summed E-state index contributed by atoms with van der Waals surface area (Å²) in [5, 5.41) is 5.09. The average Bonchev–Trinajstić information content (AvgIpc) is 3.08. The van der Waals surface area contributed by atoms with E-state index in [1.54, 1.807) is 0 Å². The lowest BCUT2D eigenvalue weighted by molar-refractivity contribution is 0.384. The molecule has 102 valence electrons. The van der Waals surface area contributed by atoms with E-state index in [1.807, 2.05) is 0 Å². The monoisotopic (exact) mass is 256 g/mol. The Morgan fingerprint density at radius 1 is 1.26 bits per heavy atom. The van der Waals surface area contributed by atoms with Crippen LogP contribution in [0.2, 0.25) is 0 Å². The normalized spacial score (nSPS) is 18.2. The first-order chi connectivity index (χ1) is 9.34. The van der Waals surface area contributed by atoms with Gasteiger partial charge in [-0.15, -0.1) is 0 Å². The van der Waals surface area contributed by atoms with E-state index in [0.29, 0.717) is 6.04 Å². The summed E-state index contributed by atoms with van der Waals surface area (Å²) >= 11 is 0. The van der Waals surface area contributed by atoms with E-state index in [9.17, 15) is 0 Å². The highest BCUT2D eigenvalue weighted by Crippen LogP contribution is 2.27. The van der Waals surface area contributed by atoms with Crippen LogP contribution in [0, 0.1) is 5.92 Å². The van der Waals surface area contributed by atoms with E-state index in [1.165, 1.54) is 42.1 Å². The number of aromatic nitrogens is 1. The molecule has 0 amide bonds. The fourth-order valence-electron chi connectivity index (χ4n) is 3.40. The van der Waals surface area contributed by atoms with Crippen molar-refractivity contribution in [2.45, 2.75) is 45.1 Å². The number of aromatic amines is 1. The minimum Gasteiger partial charge on any atom is -0.361 e. The molecule has 1 aromatic heterocycles. The van der Waals surface area contributed by atoms with E-state index < -0.39 is 0 Å². The molecule has 1 aromatic carbocycles. The first-order valence-electron chi connectivity index (χ1n) is 7.63. The summed E-state index contributed by atoms with van der Waals surface area (Å²) in [6, 6.07) is 9.24. The molecule has 0 saturated heterocycles. The van der Waals surface area contributed by atoms with Gasteiger partial charge in [0.25, 0.3) is 0 Å². The summed E-state index contributed by atoms with van der Waals surface area (Å²) < 4.78 is 0. The fourth-order valence-corrected chi connectivity index (χ4v) is 3.40. The standard InChI is InChI=1S/C17H24N2/c1-13(14-6-2-3-7-14)18-11-10-15-12-19-17-9-5-4-8-16(15)17/h4-5,8-9,12-14,18-19H,2-3,6-7,10-11H2,1H3. The van der Waals surface area contributed by atoms with Crippen molar-refractivity contribution in [3.63, 3.8) is 0 Å². The van der Waals surface area contributed by atoms with Gasteiger partial charge >= 0.3 is 0 Å². The quantitative estimate of drug-likeness (QED) is 0.835. The van der Waals surface area contributed by atoms with E-state index in [0.717, 1.165) is 18.9 Å². The lowest BCUT2D eigenvalue weighted by Crippen LogP contribution is -2.33. The second-order valence-corrected chi connectivity index (χ2v) is 5.90. The Morgan fingerprint density at radius 3 is 2.89 bits per heavy atom. The second kappa shape index (κ2) is 5.79. The van der Waals surface area contributed by atoms with Gasteiger partial charge in [0.15, 0.2) is 0 Å². The lowest BCUT2D eigenvalue weighted by Gasteiger charge is -2.20. The molecular formula is C17H24N2. The first-order valence-corrected chi connectivity index (χ1v) is 7.63. The molecule has 1 heterocycles. The zero-order valence-corrected chi connectivity index (χ0v) is 11.8. The summed E-state index contributed by atoms with van der Waals surface area (Å²) in [6.07, 6.45) is 8.97. The third-order valence-corrected chi connectivity index (χ3v) is 4.64. The van der Waals surface area contributed by atoms with Gasteiger partial charge in [-0.3, -0.25) is 0 Å². The third-order valence-electron chi connectivity index (χ3n) is 4.64. The molecule has 0 aliphatic heterocycles. The van der Waals surface area contributed by atoms with Crippen molar-refractivity contribution in [1.29, 1.82) is 0 Å². The van der Waals surface area contributed by atoms with Gasteiger partial charge in [0.05, 0.1) is 0 Å². The van der Waals surface area contributed by atoms with Gasteiger partial charge in [0.1, 0.15) is 0 Å². The Labute approximate surface area is 115 Å². The maximum Gasteiger partial charge on any atom is 0.0456 e. The van der Waals surface area contributed by atoms with Crippen LogP contribution in [0.25, 0.3) is 10.9 Å². The second-order valence-electron chi connectivity index (χ2n) is 5.90. The van der Waals surface area contributed by atoms with Crippen LogP contribution in [0.15, 0.2) is 30.5 Å². The van der Waals surface area contributed by atoms with Crippen LogP contribution >= 0.6 is 0 Å². The largest absolute Gasteiger partial charge is 0.361 e. The van der Waals surface area contributed by atoms with Crippen molar-refractivity contribution in [3.05, 3.63) is 36.0 Å². The minimum absolute atomic E-state index is 0.674. The van der Waals surface area contributed by atoms with Crippen LogP contribution in [0.3, 0.4) is 0 Å². The molecule has 3 rings (SSSR count). The zero-order chi connectivity index (χ0) is 13.1. The first kappa shape index (κ1) is 12.7. The molecular weight excluding hydrogens is 232 g/mol. The Bertz CT molecular complexity index is 523. The maximum atomic E-state index is 3.71. The molecule has 2 nitrogen and oxygen atoms in total. The Hall–Kier alpha value is -1.28. The van der Waals surface area contributed by atoms with Gasteiger partial charge in [-0.1, -0.05) is 31.0 Å². The number of rotatable bonds is 5. The predicted molar refractivity (Wildman–Crippen MR) is 81.4 cm³/mol. The molecule has 0 spiro atoms. The van der Waals surface area contributed by atoms with Gasteiger partial charge in [-0.2, -0.15) is 0 Å². The van der Waals surface area contributed by atoms with E-state index in [4.69, 9.17) is 0 Å². The molecule has 1 aliphatic rings. The number of H-pyrrole nitrogens is 1. The topological polar surface area (TPSA) is 27.8 Å². The number of para-hydroxylation sites is 1. The van der Waals surface area contributed by atoms with Crippen molar-refractivity contribution in [3.8, 4) is 0 Å². The van der Waals surface area contributed by atoms with Crippen LogP contribution < -0.4 is 5.32 Å². The van der Waals surface area contributed by atoms with Crippen LogP contribution in [-0.2, 0) is 6.42 Å². The zero-order valence-electron chi connectivity index (χ0n) is 11.8. The minimum atomic E-state index is 0.674. The molecule has 1 unspecified atom stereocenters. The van der Waals surface area contributed by atoms with E-state index in [-0.39, 0.29) is 0 Å². The van der Waals surface area contributed by atoms with E-state index >= 15 is 0 Å².